The predicted octanol–water partition coefficient (Wildman–Crippen LogP) is 3.59. The van der Waals surface area contributed by atoms with Crippen LogP contribution in [0.1, 0.15) is 63.5 Å². The SMILES string of the molecule is CC(C)c1ccc(C2(CNC(=O)C(C)C3CNC3)CCCC2)cc1. The topological polar surface area (TPSA) is 41.1 Å². The third-order valence-corrected chi connectivity index (χ3v) is 6.29. The maximum absolute atomic E-state index is 12.5. The number of rotatable bonds is 6. The van der Waals surface area contributed by atoms with Crippen molar-refractivity contribution >= 4 is 5.91 Å². The Kier molecular flexibility index (Phi) is 5.29. The highest BCUT2D eigenvalue weighted by Gasteiger charge is 2.37. The van der Waals surface area contributed by atoms with E-state index in [2.05, 4.69) is 55.7 Å². The van der Waals surface area contributed by atoms with Crippen LogP contribution in [0.2, 0.25) is 0 Å². The Morgan fingerprint density at radius 3 is 2.29 bits per heavy atom. The van der Waals surface area contributed by atoms with Crippen molar-refractivity contribution in [2.45, 2.75) is 57.8 Å². The van der Waals surface area contributed by atoms with E-state index in [4.69, 9.17) is 0 Å². The minimum Gasteiger partial charge on any atom is -0.355 e. The third kappa shape index (κ3) is 3.51. The van der Waals surface area contributed by atoms with E-state index in [0.717, 1.165) is 19.6 Å². The summed E-state index contributed by atoms with van der Waals surface area (Å²) in [5, 5.41) is 6.55. The lowest BCUT2D eigenvalue weighted by Crippen LogP contribution is -2.51. The molecule has 2 fully saturated rings. The van der Waals surface area contributed by atoms with Gasteiger partial charge in [-0.3, -0.25) is 4.79 Å². The van der Waals surface area contributed by atoms with Gasteiger partial charge in [-0.1, -0.05) is 57.9 Å². The first-order valence-electron chi connectivity index (χ1n) is 9.61. The molecule has 1 amide bonds. The first-order chi connectivity index (χ1) is 11.5. The summed E-state index contributed by atoms with van der Waals surface area (Å²) in [6.07, 6.45) is 4.91. The number of benzene rings is 1. The average Bonchev–Trinajstić information content (AvgIpc) is 3.01. The van der Waals surface area contributed by atoms with Crippen molar-refractivity contribution in [2.24, 2.45) is 11.8 Å². The molecule has 3 heteroatoms. The van der Waals surface area contributed by atoms with Gasteiger partial charge in [0.05, 0.1) is 0 Å². The zero-order chi connectivity index (χ0) is 17.2. The lowest BCUT2D eigenvalue weighted by Gasteiger charge is -2.34. The van der Waals surface area contributed by atoms with Crippen molar-refractivity contribution in [3.05, 3.63) is 35.4 Å². The Morgan fingerprint density at radius 1 is 1.17 bits per heavy atom. The number of amides is 1. The molecule has 0 bridgehead atoms. The second-order valence-corrected chi connectivity index (χ2v) is 8.19. The molecule has 0 aromatic heterocycles. The molecular weight excluding hydrogens is 296 g/mol. The maximum atomic E-state index is 12.5. The Labute approximate surface area is 146 Å². The summed E-state index contributed by atoms with van der Waals surface area (Å²) in [5.41, 5.74) is 2.94. The summed E-state index contributed by atoms with van der Waals surface area (Å²) in [7, 11) is 0. The molecular formula is C21H32N2O. The summed E-state index contributed by atoms with van der Waals surface area (Å²) in [4.78, 5) is 12.5. The predicted molar refractivity (Wildman–Crippen MR) is 99.2 cm³/mol. The van der Waals surface area contributed by atoms with E-state index in [0.29, 0.717) is 11.8 Å². The largest absolute Gasteiger partial charge is 0.355 e. The third-order valence-electron chi connectivity index (χ3n) is 6.29. The molecule has 1 aromatic rings. The lowest BCUT2D eigenvalue weighted by atomic mass is 9.78. The van der Waals surface area contributed by atoms with E-state index in [-0.39, 0.29) is 17.2 Å². The van der Waals surface area contributed by atoms with Gasteiger partial charge in [0, 0.05) is 17.9 Å². The zero-order valence-corrected chi connectivity index (χ0v) is 15.4. The van der Waals surface area contributed by atoms with Gasteiger partial charge in [-0.15, -0.1) is 0 Å². The summed E-state index contributed by atoms with van der Waals surface area (Å²) in [6.45, 7) is 9.29. The summed E-state index contributed by atoms with van der Waals surface area (Å²) >= 11 is 0. The number of hydrogen-bond acceptors (Lipinski definition) is 2. The minimum atomic E-state index is 0.119. The van der Waals surface area contributed by atoms with Gasteiger partial charge in [-0.05, 0) is 48.9 Å². The van der Waals surface area contributed by atoms with E-state index in [1.807, 2.05) is 0 Å². The van der Waals surface area contributed by atoms with Crippen LogP contribution in [0, 0.1) is 11.8 Å². The van der Waals surface area contributed by atoms with E-state index in [1.54, 1.807) is 0 Å². The van der Waals surface area contributed by atoms with E-state index >= 15 is 0 Å². The Balaban J connectivity index is 1.68. The van der Waals surface area contributed by atoms with Gasteiger partial charge >= 0.3 is 0 Å². The van der Waals surface area contributed by atoms with Crippen molar-refractivity contribution in [1.29, 1.82) is 0 Å². The molecule has 1 atom stereocenters. The zero-order valence-electron chi connectivity index (χ0n) is 15.4. The van der Waals surface area contributed by atoms with Crippen LogP contribution in [0.5, 0.6) is 0 Å². The van der Waals surface area contributed by atoms with Gasteiger partial charge in [0.15, 0.2) is 0 Å². The minimum absolute atomic E-state index is 0.119. The van der Waals surface area contributed by atoms with Gasteiger partial charge in [-0.25, -0.2) is 0 Å². The fraction of sp³-hybridized carbons (Fsp3) is 0.667. The van der Waals surface area contributed by atoms with Gasteiger partial charge < -0.3 is 10.6 Å². The van der Waals surface area contributed by atoms with Crippen LogP contribution in [0.4, 0.5) is 0 Å². The molecule has 132 valence electrons. The molecule has 1 aromatic carbocycles. The van der Waals surface area contributed by atoms with Crippen LogP contribution >= 0.6 is 0 Å². The highest BCUT2D eigenvalue weighted by molar-refractivity contribution is 5.79. The molecule has 0 radical (unpaired) electrons. The lowest BCUT2D eigenvalue weighted by molar-refractivity contribution is -0.127. The fourth-order valence-electron chi connectivity index (χ4n) is 4.14. The van der Waals surface area contributed by atoms with Crippen LogP contribution in [0.25, 0.3) is 0 Å². The van der Waals surface area contributed by atoms with Crippen molar-refractivity contribution in [1.82, 2.24) is 10.6 Å². The average molecular weight is 329 g/mol. The molecule has 2 aliphatic rings. The maximum Gasteiger partial charge on any atom is 0.223 e. The highest BCUT2D eigenvalue weighted by Crippen LogP contribution is 2.41. The van der Waals surface area contributed by atoms with Crippen LogP contribution < -0.4 is 10.6 Å². The molecule has 1 saturated heterocycles. The molecule has 24 heavy (non-hydrogen) atoms. The summed E-state index contributed by atoms with van der Waals surface area (Å²) in [6, 6.07) is 9.13. The first-order valence-corrected chi connectivity index (χ1v) is 9.61. The van der Waals surface area contributed by atoms with Crippen molar-refractivity contribution < 1.29 is 4.79 Å². The van der Waals surface area contributed by atoms with Crippen LogP contribution in [0.15, 0.2) is 24.3 Å². The van der Waals surface area contributed by atoms with Gasteiger partial charge in [0.2, 0.25) is 5.91 Å². The molecule has 3 rings (SSSR count). The van der Waals surface area contributed by atoms with Crippen LogP contribution in [-0.4, -0.2) is 25.5 Å². The Morgan fingerprint density at radius 2 is 1.79 bits per heavy atom. The van der Waals surface area contributed by atoms with E-state index in [1.165, 1.54) is 36.8 Å². The second kappa shape index (κ2) is 7.26. The van der Waals surface area contributed by atoms with Crippen molar-refractivity contribution in [3.8, 4) is 0 Å². The molecule has 1 unspecified atom stereocenters. The molecule has 3 nitrogen and oxygen atoms in total. The Hall–Kier alpha value is -1.35. The Bertz CT molecular complexity index is 554. The molecule has 2 N–H and O–H groups in total. The number of hydrogen-bond donors (Lipinski definition) is 2. The number of carbonyl (C=O) groups is 1. The normalized spacial score (nSPS) is 21.5. The van der Waals surface area contributed by atoms with E-state index < -0.39 is 0 Å². The van der Waals surface area contributed by atoms with Crippen LogP contribution in [0.3, 0.4) is 0 Å². The molecule has 1 saturated carbocycles. The molecule has 1 heterocycles. The molecule has 1 aliphatic heterocycles. The second-order valence-electron chi connectivity index (χ2n) is 8.19. The molecule has 0 spiro atoms. The summed E-state index contributed by atoms with van der Waals surface area (Å²) in [5.74, 6) is 1.42. The monoisotopic (exact) mass is 328 g/mol. The highest BCUT2D eigenvalue weighted by atomic mass is 16.1. The quantitative estimate of drug-likeness (QED) is 0.838. The summed E-state index contributed by atoms with van der Waals surface area (Å²) < 4.78 is 0. The standard InChI is InChI=1S/C21H32N2O/c1-15(2)17-6-8-19(9-7-17)21(10-4-5-11-21)14-23-20(24)16(3)18-12-22-13-18/h6-9,15-16,18,22H,4-5,10-14H2,1-3H3,(H,23,24). The number of nitrogens with one attached hydrogen (secondary N) is 2. The fourth-order valence-corrected chi connectivity index (χ4v) is 4.14. The van der Waals surface area contributed by atoms with Crippen molar-refractivity contribution in [2.75, 3.05) is 19.6 Å². The smallest absolute Gasteiger partial charge is 0.223 e. The molecule has 1 aliphatic carbocycles. The van der Waals surface area contributed by atoms with Crippen molar-refractivity contribution in [3.63, 3.8) is 0 Å². The number of carbonyl (C=O) groups excluding carboxylic acids is 1. The van der Waals surface area contributed by atoms with Gasteiger partial charge in [0.25, 0.3) is 0 Å². The van der Waals surface area contributed by atoms with E-state index in [9.17, 15) is 4.79 Å². The van der Waals surface area contributed by atoms with Gasteiger partial charge in [-0.2, -0.15) is 0 Å². The van der Waals surface area contributed by atoms with Gasteiger partial charge in [0.1, 0.15) is 0 Å². The first kappa shape index (κ1) is 17.5. The van der Waals surface area contributed by atoms with Crippen LogP contribution in [-0.2, 0) is 10.2 Å².